The number of nitrogens with two attached hydrogens (primary N) is 1. The maximum absolute atomic E-state index is 13.0. The minimum Gasteiger partial charge on any atom is -0.405 e. The lowest BCUT2D eigenvalue weighted by molar-refractivity contribution is -0.274. The van der Waals surface area contributed by atoms with E-state index in [9.17, 15) is 27.1 Å². The smallest absolute Gasteiger partial charge is 0.405 e. The van der Waals surface area contributed by atoms with Crippen molar-refractivity contribution in [3.63, 3.8) is 0 Å². The zero-order valence-electron chi connectivity index (χ0n) is 16.7. The molecule has 3 rings (SSSR count). The second kappa shape index (κ2) is 8.53. The van der Waals surface area contributed by atoms with Gasteiger partial charge in [-0.25, -0.2) is 23.7 Å². The number of hydrogen-bond acceptors (Lipinski definition) is 8. The lowest BCUT2D eigenvalue weighted by Gasteiger charge is -2.16. The van der Waals surface area contributed by atoms with E-state index in [0.717, 1.165) is 18.3 Å². The number of nitrogens with one attached hydrogen (secondary N) is 1. The number of alkyl halides is 5. The molecule has 0 atom stereocenters. The molecule has 0 aliphatic carbocycles. The number of aliphatic hydroxyl groups is 1. The van der Waals surface area contributed by atoms with Crippen LogP contribution in [0, 0.1) is 0 Å². The van der Waals surface area contributed by atoms with Gasteiger partial charge >= 0.3 is 6.36 Å². The highest BCUT2D eigenvalue weighted by atomic mass is 19.4. The summed E-state index contributed by atoms with van der Waals surface area (Å²) in [5, 5.41) is 16.4. The first-order valence-corrected chi connectivity index (χ1v) is 9.00. The zero-order valence-corrected chi connectivity index (χ0v) is 16.7. The molecule has 0 aromatic carbocycles. The van der Waals surface area contributed by atoms with Crippen LogP contribution in [0.4, 0.5) is 39.4 Å². The summed E-state index contributed by atoms with van der Waals surface area (Å²) in [7, 11) is 0. The zero-order chi connectivity index (χ0) is 23.7. The lowest BCUT2D eigenvalue weighted by Crippen LogP contribution is -2.26. The fourth-order valence-corrected chi connectivity index (χ4v) is 2.69. The van der Waals surface area contributed by atoms with Gasteiger partial charge in [0.15, 0.2) is 5.82 Å². The van der Waals surface area contributed by atoms with Gasteiger partial charge in [0.1, 0.15) is 23.2 Å². The molecule has 0 aliphatic heterocycles. The summed E-state index contributed by atoms with van der Waals surface area (Å²) < 4.78 is 70.2. The van der Waals surface area contributed by atoms with Gasteiger partial charge in [0.2, 0.25) is 0 Å². The number of pyridine rings is 1. The van der Waals surface area contributed by atoms with Crippen LogP contribution in [-0.2, 0) is 6.54 Å². The molecule has 0 spiro atoms. The van der Waals surface area contributed by atoms with Gasteiger partial charge < -0.3 is 20.9 Å². The van der Waals surface area contributed by atoms with Gasteiger partial charge in [-0.3, -0.25) is 4.68 Å². The standard InChI is InChI=1S/C18H18F5N7O2/c1-17(2,31)8-30-7-9(5-26-30)10-6-25-13(3-11(10)32-18(21,22)23)28-14-4-12(24)27-16(29-14)15(19)20/h3-7,15,31H,8H2,1-2H3,(H3,24,25,27,28,29). The summed E-state index contributed by atoms with van der Waals surface area (Å²) in [6.07, 6.45) is -4.21. The summed E-state index contributed by atoms with van der Waals surface area (Å²) in [5.74, 6) is -2.09. The van der Waals surface area contributed by atoms with Crippen molar-refractivity contribution in [3.8, 4) is 16.9 Å². The first kappa shape index (κ1) is 23.1. The quantitative estimate of drug-likeness (QED) is 0.458. The molecule has 3 aromatic rings. The number of rotatable bonds is 7. The Balaban J connectivity index is 1.96. The van der Waals surface area contributed by atoms with Gasteiger partial charge in [0, 0.05) is 35.7 Å². The first-order chi connectivity index (χ1) is 14.8. The molecule has 0 radical (unpaired) electrons. The van der Waals surface area contributed by atoms with Crippen LogP contribution < -0.4 is 15.8 Å². The van der Waals surface area contributed by atoms with Gasteiger partial charge in [-0.1, -0.05) is 0 Å². The van der Waals surface area contributed by atoms with Gasteiger partial charge in [0.25, 0.3) is 6.43 Å². The number of halogens is 5. The van der Waals surface area contributed by atoms with E-state index in [1.807, 2.05) is 0 Å². The second-order valence-electron chi connectivity index (χ2n) is 7.31. The van der Waals surface area contributed by atoms with Crippen molar-refractivity contribution in [1.29, 1.82) is 0 Å². The monoisotopic (exact) mass is 459 g/mol. The maximum atomic E-state index is 13.0. The van der Waals surface area contributed by atoms with Crippen molar-refractivity contribution in [2.75, 3.05) is 11.1 Å². The van der Waals surface area contributed by atoms with Gasteiger partial charge in [-0.15, -0.1) is 13.2 Å². The van der Waals surface area contributed by atoms with Crippen molar-refractivity contribution < 1.29 is 31.8 Å². The number of ether oxygens (including phenoxy) is 1. The van der Waals surface area contributed by atoms with Crippen LogP contribution in [0.25, 0.3) is 11.1 Å². The van der Waals surface area contributed by atoms with Crippen molar-refractivity contribution in [2.24, 2.45) is 0 Å². The molecule has 4 N–H and O–H groups in total. The average molecular weight is 459 g/mol. The van der Waals surface area contributed by atoms with Crippen molar-refractivity contribution >= 4 is 17.5 Å². The molecule has 9 nitrogen and oxygen atoms in total. The topological polar surface area (TPSA) is 124 Å². The molecule has 0 amide bonds. The summed E-state index contributed by atoms with van der Waals surface area (Å²) in [6, 6.07) is 2.04. The Bertz CT molecular complexity index is 1100. The highest BCUT2D eigenvalue weighted by Gasteiger charge is 2.33. The number of nitrogen functional groups attached to an aromatic ring is 1. The van der Waals surface area contributed by atoms with E-state index in [-0.39, 0.29) is 35.1 Å². The molecule has 0 bridgehead atoms. The van der Waals surface area contributed by atoms with Gasteiger partial charge in [0.05, 0.1) is 18.3 Å². The van der Waals surface area contributed by atoms with Crippen LogP contribution in [-0.4, -0.2) is 41.8 Å². The molecule has 172 valence electrons. The molecular formula is C18H18F5N7O2. The molecule has 0 aliphatic rings. The van der Waals surface area contributed by atoms with E-state index in [1.54, 1.807) is 13.8 Å². The number of hydrogen-bond donors (Lipinski definition) is 3. The molecule has 32 heavy (non-hydrogen) atoms. The molecule has 3 aromatic heterocycles. The lowest BCUT2D eigenvalue weighted by atomic mass is 10.1. The Morgan fingerprint density at radius 3 is 2.50 bits per heavy atom. The molecule has 0 fully saturated rings. The highest BCUT2D eigenvalue weighted by Crippen LogP contribution is 2.35. The minimum atomic E-state index is -5.02. The van der Waals surface area contributed by atoms with E-state index in [1.165, 1.54) is 17.1 Å². The normalized spacial score (nSPS) is 12.3. The average Bonchev–Trinajstić information content (AvgIpc) is 3.06. The minimum absolute atomic E-state index is 0.0367. The van der Waals surface area contributed by atoms with E-state index >= 15 is 0 Å². The van der Waals surface area contributed by atoms with Gasteiger partial charge in [-0.05, 0) is 13.8 Å². The third-order valence-electron chi connectivity index (χ3n) is 3.80. The molecule has 0 saturated carbocycles. The van der Waals surface area contributed by atoms with Crippen LogP contribution in [0.2, 0.25) is 0 Å². The largest absolute Gasteiger partial charge is 0.573 e. The van der Waals surface area contributed by atoms with Gasteiger partial charge in [-0.2, -0.15) is 5.10 Å². The number of nitrogens with zero attached hydrogens (tertiary/aromatic N) is 5. The molecule has 14 heteroatoms. The van der Waals surface area contributed by atoms with E-state index in [2.05, 4.69) is 30.1 Å². The van der Waals surface area contributed by atoms with Crippen molar-refractivity contribution in [1.82, 2.24) is 24.7 Å². The SMILES string of the molecule is CC(C)(O)Cn1cc(-c2cnc(Nc3cc(N)nc(C(F)F)n3)cc2OC(F)(F)F)cn1. The van der Waals surface area contributed by atoms with Crippen LogP contribution in [0.3, 0.4) is 0 Å². The number of aromatic nitrogens is 5. The number of anilines is 3. The fraction of sp³-hybridized carbons (Fsp3) is 0.333. The highest BCUT2D eigenvalue weighted by molar-refractivity contribution is 5.71. The Morgan fingerprint density at radius 2 is 1.88 bits per heavy atom. The molecule has 3 heterocycles. The second-order valence-corrected chi connectivity index (χ2v) is 7.31. The van der Waals surface area contributed by atoms with Crippen LogP contribution in [0.15, 0.2) is 30.7 Å². The van der Waals surface area contributed by atoms with Crippen LogP contribution in [0.1, 0.15) is 26.1 Å². The molecule has 0 unspecified atom stereocenters. The summed E-state index contributed by atoms with van der Waals surface area (Å²) in [6.45, 7) is 3.19. The van der Waals surface area contributed by atoms with E-state index < -0.39 is 30.0 Å². The Labute approximate surface area is 178 Å². The third kappa shape index (κ3) is 6.23. The predicted molar refractivity (Wildman–Crippen MR) is 103 cm³/mol. The molecular weight excluding hydrogens is 441 g/mol. The fourth-order valence-electron chi connectivity index (χ4n) is 2.69. The maximum Gasteiger partial charge on any atom is 0.573 e. The van der Waals surface area contributed by atoms with E-state index in [0.29, 0.717) is 0 Å². The Kier molecular flexibility index (Phi) is 6.16. The van der Waals surface area contributed by atoms with Crippen molar-refractivity contribution in [3.05, 3.63) is 36.5 Å². The third-order valence-corrected chi connectivity index (χ3v) is 3.80. The summed E-state index contributed by atoms with van der Waals surface area (Å²) in [5.41, 5.74) is 4.58. The van der Waals surface area contributed by atoms with Crippen LogP contribution in [0.5, 0.6) is 5.75 Å². The van der Waals surface area contributed by atoms with Crippen LogP contribution >= 0.6 is 0 Å². The Morgan fingerprint density at radius 1 is 1.16 bits per heavy atom. The summed E-state index contributed by atoms with van der Waals surface area (Å²) >= 11 is 0. The molecule has 0 saturated heterocycles. The van der Waals surface area contributed by atoms with Crippen molar-refractivity contribution in [2.45, 2.75) is 38.8 Å². The first-order valence-electron chi connectivity index (χ1n) is 9.00. The summed E-state index contributed by atoms with van der Waals surface area (Å²) in [4.78, 5) is 10.9. The van der Waals surface area contributed by atoms with E-state index in [4.69, 9.17) is 5.73 Å². The Hall–Kier alpha value is -3.55. The predicted octanol–water partition coefficient (Wildman–Crippen LogP) is 3.67.